The molecule has 0 bridgehead atoms. The summed E-state index contributed by atoms with van der Waals surface area (Å²) in [5.74, 6) is 1.17. The summed E-state index contributed by atoms with van der Waals surface area (Å²) in [7, 11) is 1.84. The lowest BCUT2D eigenvalue weighted by Gasteiger charge is -2.06. The Morgan fingerprint density at radius 2 is 2.00 bits per heavy atom. The SMILES string of the molecule is Cn1c(NC(=O)c2ccc(COc3ccc(Cl)cc3Cl)o2)nc2ccccc21. The van der Waals surface area contributed by atoms with Gasteiger partial charge in [-0.15, -0.1) is 0 Å². The zero-order valence-corrected chi connectivity index (χ0v) is 16.3. The first-order valence-corrected chi connectivity index (χ1v) is 9.16. The van der Waals surface area contributed by atoms with Crippen molar-refractivity contribution in [1.82, 2.24) is 9.55 Å². The fourth-order valence-corrected chi connectivity index (χ4v) is 3.20. The van der Waals surface area contributed by atoms with Gasteiger partial charge in [-0.05, 0) is 42.5 Å². The molecule has 0 aliphatic rings. The number of furan rings is 1. The van der Waals surface area contributed by atoms with E-state index >= 15 is 0 Å². The molecule has 0 saturated carbocycles. The Kier molecular flexibility index (Phi) is 4.98. The molecule has 0 spiro atoms. The number of rotatable bonds is 5. The van der Waals surface area contributed by atoms with Gasteiger partial charge in [0.25, 0.3) is 5.91 Å². The number of fused-ring (bicyclic) bond motifs is 1. The highest BCUT2D eigenvalue weighted by molar-refractivity contribution is 6.35. The van der Waals surface area contributed by atoms with Crippen LogP contribution in [0.2, 0.25) is 10.0 Å². The molecule has 0 saturated heterocycles. The average Bonchev–Trinajstić information content (AvgIpc) is 3.27. The van der Waals surface area contributed by atoms with E-state index in [1.807, 2.05) is 35.9 Å². The number of carbonyl (C=O) groups is 1. The number of aromatic nitrogens is 2. The van der Waals surface area contributed by atoms with Crippen LogP contribution in [0.15, 0.2) is 59.0 Å². The Labute approximate surface area is 170 Å². The first-order chi connectivity index (χ1) is 13.5. The fraction of sp³-hybridized carbons (Fsp3) is 0.100. The van der Waals surface area contributed by atoms with Crippen LogP contribution in [-0.4, -0.2) is 15.5 Å². The van der Waals surface area contributed by atoms with Crippen LogP contribution in [-0.2, 0) is 13.7 Å². The maximum Gasteiger partial charge on any atom is 0.293 e. The Balaban J connectivity index is 1.44. The molecule has 4 rings (SSSR count). The van der Waals surface area contributed by atoms with E-state index in [1.54, 1.807) is 30.3 Å². The molecule has 28 heavy (non-hydrogen) atoms. The highest BCUT2D eigenvalue weighted by Crippen LogP contribution is 2.28. The summed E-state index contributed by atoms with van der Waals surface area (Å²) in [4.78, 5) is 16.9. The molecule has 0 radical (unpaired) electrons. The maximum absolute atomic E-state index is 12.5. The summed E-state index contributed by atoms with van der Waals surface area (Å²) in [6, 6.07) is 15.8. The maximum atomic E-state index is 12.5. The molecule has 142 valence electrons. The largest absolute Gasteiger partial charge is 0.484 e. The number of benzene rings is 2. The van der Waals surface area contributed by atoms with Crippen LogP contribution < -0.4 is 10.1 Å². The Morgan fingerprint density at radius 1 is 1.18 bits per heavy atom. The number of anilines is 1. The predicted molar refractivity (Wildman–Crippen MR) is 108 cm³/mol. The molecule has 1 amide bonds. The summed E-state index contributed by atoms with van der Waals surface area (Å²) < 4.78 is 13.0. The first kappa shape index (κ1) is 18.4. The molecule has 2 aromatic carbocycles. The summed E-state index contributed by atoms with van der Waals surface area (Å²) in [6.45, 7) is 0.126. The number of para-hydroxylation sites is 2. The van der Waals surface area contributed by atoms with E-state index in [4.69, 9.17) is 32.4 Å². The molecule has 8 heteroatoms. The highest BCUT2D eigenvalue weighted by Gasteiger charge is 2.16. The topological polar surface area (TPSA) is 69.3 Å². The molecule has 0 aliphatic heterocycles. The second-order valence-electron chi connectivity index (χ2n) is 6.07. The number of ether oxygens (including phenoxy) is 1. The van der Waals surface area contributed by atoms with E-state index in [1.165, 1.54) is 0 Å². The quantitative estimate of drug-likeness (QED) is 0.479. The zero-order chi connectivity index (χ0) is 19.7. The number of imidazole rings is 1. The van der Waals surface area contributed by atoms with Crippen molar-refractivity contribution in [2.24, 2.45) is 7.05 Å². The van der Waals surface area contributed by atoms with E-state index in [2.05, 4.69) is 10.3 Å². The van der Waals surface area contributed by atoms with Gasteiger partial charge in [0.05, 0.1) is 16.1 Å². The molecule has 1 N–H and O–H groups in total. The molecule has 0 fully saturated rings. The molecule has 0 unspecified atom stereocenters. The molecule has 4 aromatic rings. The van der Waals surface area contributed by atoms with E-state index in [9.17, 15) is 4.79 Å². The van der Waals surface area contributed by atoms with Crippen molar-refractivity contribution >= 4 is 46.1 Å². The van der Waals surface area contributed by atoms with E-state index in [-0.39, 0.29) is 12.4 Å². The zero-order valence-electron chi connectivity index (χ0n) is 14.8. The van der Waals surface area contributed by atoms with Crippen LogP contribution in [0.5, 0.6) is 5.75 Å². The number of nitrogens with one attached hydrogen (secondary N) is 1. The normalized spacial score (nSPS) is 11.0. The molecule has 0 aliphatic carbocycles. The van der Waals surface area contributed by atoms with Gasteiger partial charge in [0.1, 0.15) is 18.1 Å². The van der Waals surface area contributed by atoms with Crippen LogP contribution >= 0.6 is 23.2 Å². The Bertz CT molecular complexity index is 1170. The van der Waals surface area contributed by atoms with Crippen molar-refractivity contribution in [3.63, 3.8) is 0 Å². The predicted octanol–water partition coefficient (Wildman–Crippen LogP) is 5.30. The number of carbonyl (C=O) groups excluding carboxylic acids is 1. The van der Waals surface area contributed by atoms with Crippen LogP contribution in [0, 0.1) is 0 Å². The molecule has 0 atom stereocenters. The molecule has 2 aromatic heterocycles. The average molecular weight is 416 g/mol. The summed E-state index contributed by atoms with van der Waals surface area (Å²) in [6.07, 6.45) is 0. The van der Waals surface area contributed by atoms with Crippen LogP contribution in [0.3, 0.4) is 0 Å². The Morgan fingerprint density at radius 3 is 2.79 bits per heavy atom. The lowest BCUT2D eigenvalue weighted by molar-refractivity contribution is 0.0991. The molecular formula is C20H15Cl2N3O3. The number of halogens is 2. The van der Waals surface area contributed by atoms with Crippen LogP contribution in [0.4, 0.5) is 5.95 Å². The van der Waals surface area contributed by atoms with Gasteiger partial charge in [-0.3, -0.25) is 10.1 Å². The lowest BCUT2D eigenvalue weighted by Crippen LogP contribution is -2.14. The second kappa shape index (κ2) is 7.58. The van der Waals surface area contributed by atoms with Gasteiger partial charge in [0.15, 0.2) is 5.76 Å². The molecule has 2 heterocycles. The monoisotopic (exact) mass is 415 g/mol. The number of hydrogen-bond acceptors (Lipinski definition) is 4. The van der Waals surface area contributed by atoms with Crippen molar-refractivity contribution in [1.29, 1.82) is 0 Å². The number of hydrogen-bond donors (Lipinski definition) is 1. The fourth-order valence-electron chi connectivity index (χ4n) is 2.74. The smallest absolute Gasteiger partial charge is 0.293 e. The van der Waals surface area contributed by atoms with Gasteiger partial charge in [0, 0.05) is 12.1 Å². The lowest BCUT2D eigenvalue weighted by atomic mass is 10.3. The number of nitrogens with zero attached hydrogens (tertiary/aromatic N) is 2. The Hall–Kier alpha value is -2.96. The third-order valence-electron chi connectivity index (χ3n) is 4.16. The minimum atomic E-state index is -0.394. The van der Waals surface area contributed by atoms with E-state index in [0.717, 1.165) is 11.0 Å². The summed E-state index contributed by atoms with van der Waals surface area (Å²) in [5, 5.41) is 3.69. The van der Waals surface area contributed by atoms with Crippen molar-refractivity contribution in [2.75, 3.05) is 5.32 Å². The van der Waals surface area contributed by atoms with Crippen molar-refractivity contribution in [2.45, 2.75) is 6.61 Å². The standard InChI is InChI=1S/C20H15Cl2N3O3/c1-25-16-5-3-2-4-15(16)23-20(25)24-19(26)18-9-7-13(28-18)11-27-17-8-6-12(21)10-14(17)22/h2-10H,11H2,1H3,(H,23,24,26). The number of aryl methyl sites for hydroxylation is 1. The van der Waals surface area contributed by atoms with Crippen LogP contribution in [0.1, 0.15) is 16.3 Å². The van der Waals surface area contributed by atoms with Gasteiger partial charge < -0.3 is 13.7 Å². The van der Waals surface area contributed by atoms with Gasteiger partial charge in [0.2, 0.25) is 5.95 Å². The van der Waals surface area contributed by atoms with Crippen molar-refractivity contribution in [3.8, 4) is 5.75 Å². The summed E-state index contributed by atoms with van der Waals surface area (Å²) >= 11 is 11.9. The summed E-state index contributed by atoms with van der Waals surface area (Å²) in [5.41, 5.74) is 1.72. The van der Waals surface area contributed by atoms with Gasteiger partial charge in [-0.25, -0.2) is 4.98 Å². The minimum absolute atomic E-state index is 0.126. The third kappa shape index (κ3) is 3.69. The van der Waals surface area contributed by atoms with E-state index in [0.29, 0.717) is 27.5 Å². The van der Waals surface area contributed by atoms with Gasteiger partial charge in [-0.1, -0.05) is 35.3 Å². The number of amides is 1. The first-order valence-electron chi connectivity index (χ1n) is 8.40. The van der Waals surface area contributed by atoms with Crippen LogP contribution in [0.25, 0.3) is 11.0 Å². The second-order valence-corrected chi connectivity index (χ2v) is 6.91. The van der Waals surface area contributed by atoms with Gasteiger partial charge >= 0.3 is 0 Å². The molecule has 6 nitrogen and oxygen atoms in total. The molecular weight excluding hydrogens is 401 g/mol. The minimum Gasteiger partial charge on any atom is -0.484 e. The highest BCUT2D eigenvalue weighted by atomic mass is 35.5. The van der Waals surface area contributed by atoms with E-state index < -0.39 is 5.91 Å². The van der Waals surface area contributed by atoms with Crippen molar-refractivity contribution in [3.05, 3.63) is 76.2 Å². The third-order valence-corrected chi connectivity index (χ3v) is 4.69. The van der Waals surface area contributed by atoms with Crippen molar-refractivity contribution < 1.29 is 13.9 Å². The van der Waals surface area contributed by atoms with Gasteiger partial charge in [-0.2, -0.15) is 0 Å².